The molecule has 0 spiro atoms. The first kappa shape index (κ1) is 23.1. The number of benzene rings is 1. The number of nitrogens with zero attached hydrogens (tertiary/aromatic N) is 3. The Kier molecular flexibility index (Phi) is 6.52. The SMILES string of the molecule is O=C(NCc1ccc2nc(F)c(CNC[C@@H]3CC[C@@H]3CO)cc2c1)c1cc(=O)n2ccccc2n1. The van der Waals surface area contributed by atoms with Crippen molar-refractivity contribution < 1.29 is 14.3 Å². The summed E-state index contributed by atoms with van der Waals surface area (Å²) in [6, 6.07) is 13.5. The van der Waals surface area contributed by atoms with E-state index in [1.807, 2.05) is 6.07 Å². The van der Waals surface area contributed by atoms with E-state index in [4.69, 9.17) is 0 Å². The van der Waals surface area contributed by atoms with E-state index >= 15 is 0 Å². The molecule has 1 aromatic carbocycles. The molecule has 0 aliphatic heterocycles. The van der Waals surface area contributed by atoms with Crippen LogP contribution in [-0.2, 0) is 13.1 Å². The molecule has 5 rings (SSSR count). The second-order valence-electron chi connectivity index (χ2n) is 8.97. The predicted molar refractivity (Wildman–Crippen MR) is 129 cm³/mol. The summed E-state index contributed by atoms with van der Waals surface area (Å²) in [5.41, 5.74) is 1.94. The van der Waals surface area contributed by atoms with Crippen molar-refractivity contribution in [2.24, 2.45) is 11.8 Å². The maximum absolute atomic E-state index is 14.5. The van der Waals surface area contributed by atoms with Crippen LogP contribution in [0.3, 0.4) is 0 Å². The van der Waals surface area contributed by atoms with Crippen molar-refractivity contribution in [3.05, 3.63) is 87.9 Å². The molecule has 0 saturated heterocycles. The van der Waals surface area contributed by atoms with E-state index in [0.29, 0.717) is 35.1 Å². The van der Waals surface area contributed by atoms with E-state index in [-0.39, 0.29) is 24.4 Å². The van der Waals surface area contributed by atoms with Gasteiger partial charge in [0.1, 0.15) is 11.3 Å². The Morgan fingerprint density at radius 3 is 2.74 bits per heavy atom. The molecule has 3 N–H and O–H groups in total. The molecule has 0 bridgehead atoms. The topological polar surface area (TPSA) is 109 Å². The summed E-state index contributed by atoms with van der Waals surface area (Å²) in [6.07, 6.45) is 3.72. The largest absolute Gasteiger partial charge is 0.396 e. The average molecular weight is 476 g/mol. The maximum atomic E-state index is 14.5. The van der Waals surface area contributed by atoms with Gasteiger partial charge in [-0.15, -0.1) is 0 Å². The number of aliphatic hydroxyl groups excluding tert-OH is 1. The van der Waals surface area contributed by atoms with Crippen LogP contribution in [0.2, 0.25) is 0 Å². The fourth-order valence-corrected chi connectivity index (χ4v) is 4.46. The van der Waals surface area contributed by atoms with Gasteiger partial charge in [-0.2, -0.15) is 4.39 Å². The number of aromatic nitrogens is 3. The van der Waals surface area contributed by atoms with Gasteiger partial charge in [-0.25, -0.2) is 9.97 Å². The molecule has 180 valence electrons. The van der Waals surface area contributed by atoms with Gasteiger partial charge in [0.25, 0.3) is 11.5 Å². The molecule has 1 aliphatic carbocycles. The van der Waals surface area contributed by atoms with Crippen molar-refractivity contribution in [3.63, 3.8) is 0 Å². The second-order valence-corrected chi connectivity index (χ2v) is 8.97. The van der Waals surface area contributed by atoms with Crippen LogP contribution < -0.4 is 16.2 Å². The summed E-state index contributed by atoms with van der Waals surface area (Å²) in [4.78, 5) is 33.2. The van der Waals surface area contributed by atoms with Crippen LogP contribution >= 0.6 is 0 Å². The van der Waals surface area contributed by atoms with E-state index in [1.165, 1.54) is 10.5 Å². The number of fused-ring (bicyclic) bond motifs is 2. The van der Waals surface area contributed by atoms with Gasteiger partial charge in [0.15, 0.2) is 0 Å². The summed E-state index contributed by atoms with van der Waals surface area (Å²) in [6.45, 7) is 1.51. The summed E-state index contributed by atoms with van der Waals surface area (Å²) in [5.74, 6) is -0.191. The van der Waals surface area contributed by atoms with Crippen LogP contribution in [0.15, 0.2) is 59.5 Å². The second kappa shape index (κ2) is 9.89. The van der Waals surface area contributed by atoms with E-state index in [1.54, 1.807) is 42.6 Å². The zero-order valence-corrected chi connectivity index (χ0v) is 19.1. The van der Waals surface area contributed by atoms with Crippen LogP contribution in [0, 0.1) is 17.8 Å². The number of amides is 1. The van der Waals surface area contributed by atoms with Gasteiger partial charge in [-0.1, -0.05) is 12.1 Å². The third-order valence-corrected chi connectivity index (χ3v) is 6.69. The lowest BCUT2D eigenvalue weighted by Crippen LogP contribution is -2.37. The molecule has 3 aromatic heterocycles. The zero-order chi connectivity index (χ0) is 24.4. The molecule has 8 nitrogen and oxygen atoms in total. The fraction of sp³-hybridized carbons (Fsp3) is 0.308. The van der Waals surface area contributed by atoms with Crippen molar-refractivity contribution >= 4 is 22.5 Å². The lowest BCUT2D eigenvalue weighted by molar-refractivity contribution is 0.0900. The van der Waals surface area contributed by atoms with Crippen molar-refractivity contribution in [2.75, 3.05) is 13.2 Å². The number of carbonyl (C=O) groups is 1. The molecular weight excluding hydrogens is 449 g/mol. The summed E-state index contributed by atoms with van der Waals surface area (Å²) in [7, 11) is 0. The molecule has 0 unspecified atom stereocenters. The van der Waals surface area contributed by atoms with Gasteiger partial charge < -0.3 is 15.7 Å². The maximum Gasteiger partial charge on any atom is 0.270 e. The molecule has 4 aromatic rings. The van der Waals surface area contributed by atoms with Crippen LogP contribution in [0.25, 0.3) is 16.6 Å². The van der Waals surface area contributed by atoms with Crippen LogP contribution in [0.1, 0.15) is 34.5 Å². The lowest BCUT2D eigenvalue weighted by Gasteiger charge is -2.35. The van der Waals surface area contributed by atoms with Crippen LogP contribution in [0.5, 0.6) is 0 Å². The predicted octanol–water partition coefficient (Wildman–Crippen LogP) is 2.42. The minimum absolute atomic E-state index is 0.0500. The fourth-order valence-electron chi connectivity index (χ4n) is 4.46. The molecule has 1 amide bonds. The van der Waals surface area contributed by atoms with Crippen LogP contribution in [-0.4, -0.2) is 38.5 Å². The monoisotopic (exact) mass is 475 g/mol. The van der Waals surface area contributed by atoms with Gasteiger partial charge in [0, 0.05) is 42.9 Å². The normalized spacial score (nSPS) is 17.4. The molecule has 9 heteroatoms. The zero-order valence-electron chi connectivity index (χ0n) is 19.1. The number of hydrogen-bond donors (Lipinski definition) is 3. The molecule has 35 heavy (non-hydrogen) atoms. The van der Waals surface area contributed by atoms with Crippen molar-refractivity contribution in [1.82, 2.24) is 25.0 Å². The van der Waals surface area contributed by atoms with Crippen LogP contribution in [0.4, 0.5) is 4.39 Å². The van der Waals surface area contributed by atoms with E-state index in [9.17, 15) is 19.1 Å². The standard InChI is InChI=1S/C26H26FN5O3/c27-25-20(14-28-13-17-5-6-18(17)15-33)10-19-9-16(4-7-21(19)31-25)12-29-26(35)22-11-24(34)32-8-2-1-3-23(32)30-22/h1-4,7-11,17-18,28,33H,5-6,12-15H2,(H,29,35)/t17-,18+/m0/s1. The third-order valence-electron chi connectivity index (χ3n) is 6.69. The number of nitrogens with one attached hydrogen (secondary N) is 2. The summed E-state index contributed by atoms with van der Waals surface area (Å²) in [5, 5.41) is 16.2. The molecule has 2 atom stereocenters. The number of hydrogen-bond acceptors (Lipinski definition) is 6. The highest BCUT2D eigenvalue weighted by atomic mass is 19.1. The minimum atomic E-state index is -0.507. The average Bonchev–Trinajstić information content (AvgIpc) is 2.85. The van der Waals surface area contributed by atoms with Gasteiger partial charge in [0.2, 0.25) is 5.95 Å². The molecule has 1 fully saturated rings. The Balaban J connectivity index is 1.26. The highest BCUT2D eigenvalue weighted by molar-refractivity contribution is 5.92. The molecule has 1 aliphatic rings. The lowest BCUT2D eigenvalue weighted by atomic mass is 9.74. The Bertz CT molecular complexity index is 1450. The number of halogens is 1. The Hall–Kier alpha value is -3.69. The van der Waals surface area contributed by atoms with Gasteiger partial charge in [-0.05, 0) is 67.1 Å². The van der Waals surface area contributed by atoms with Gasteiger partial charge in [-0.3, -0.25) is 14.0 Å². The first-order chi connectivity index (χ1) is 17.0. The summed E-state index contributed by atoms with van der Waals surface area (Å²) < 4.78 is 15.9. The molecular formula is C26H26FN5O3. The molecule has 1 saturated carbocycles. The van der Waals surface area contributed by atoms with E-state index < -0.39 is 11.9 Å². The highest BCUT2D eigenvalue weighted by Gasteiger charge is 2.29. The van der Waals surface area contributed by atoms with Gasteiger partial charge in [0.05, 0.1) is 5.52 Å². The van der Waals surface area contributed by atoms with E-state index in [2.05, 4.69) is 20.6 Å². The quantitative estimate of drug-likeness (QED) is 0.338. The van der Waals surface area contributed by atoms with Crippen molar-refractivity contribution in [1.29, 1.82) is 0 Å². The minimum Gasteiger partial charge on any atom is -0.396 e. The first-order valence-electron chi connectivity index (χ1n) is 11.7. The van der Waals surface area contributed by atoms with E-state index in [0.717, 1.165) is 30.3 Å². The third kappa shape index (κ3) is 4.91. The number of rotatable bonds is 8. The van der Waals surface area contributed by atoms with Crippen molar-refractivity contribution in [2.45, 2.75) is 25.9 Å². The number of carbonyl (C=O) groups excluding carboxylic acids is 1. The summed E-state index contributed by atoms with van der Waals surface area (Å²) >= 11 is 0. The highest BCUT2D eigenvalue weighted by Crippen LogP contribution is 2.33. The Morgan fingerprint density at radius 1 is 1.09 bits per heavy atom. The smallest absolute Gasteiger partial charge is 0.270 e. The Morgan fingerprint density at radius 2 is 1.94 bits per heavy atom. The Labute approximate surface area is 200 Å². The first-order valence-corrected chi connectivity index (χ1v) is 11.7. The molecule has 0 radical (unpaired) electrons. The number of pyridine rings is 2. The van der Waals surface area contributed by atoms with Gasteiger partial charge >= 0.3 is 0 Å². The van der Waals surface area contributed by atoms with Crippen molar-refractivity contribution in [3.8, 4) is 0 Å². The number of aliphatic hydroxyl groups is 1. The molecule has 3 heterocycles.